The Hall–Kier alpha value is -3.51. The summed E-state index contributed by atoms with van der Waals surface area (Å²) in [7, 11) is 0. The zero-order valence-electron chi connectivity index (χ0n) is 16.7. The fourth-order valence-electron chi connectivity index (χ4n) is 3.64. The van der Waals surface area contributed by atoms with E-state index in [0.717, 1.165) is 0 Å². The van der Waals surface area contributed by atoms with Gasteiger partial charge in [0.2, 0.25) is 0 Å². The number of aliphatic hydroxyl groups is 1. The number of hydrogen-bond donors (Lipinski definition) is 1. The molecule has 0 bridgehead atoms. The Morgan fingerprint density at radius 1 is 1.10 bits per heavy atom. The van der Waals surface area contributed by atoms with E-state index in [1.807, 2.05) is 6.92 Å². The van der Waals surface area contributed by atoms with Crippen molar-refractivity contribution in [1.82, 2.24) is 4.90 Å². The van der Waals surface area contributed by atoms with Gasteiger partial charge in [-0.15, -0.1) is 0 Å². The number of carbonyl (C=O) groups excluding carboxylic acids is 2. The fraction of sp³-hybridized carbons (Fsp3) is 0.167. The molecule has 1 aromatic heterocycles. The molecular weight excluding hydrogens is 418 g/mol. The highest BCUT2D eigenvalue weighted by Gasteiger charge is 2.46. The van der Waals surface area contributed by atoms with Crippen LogP contribution in [0, 0.1) is 0 Å². The minimum atomic E-state index is -0.783. The van der Waals surface area contributed by atoms with Gasteiger partial charge in [-0.3, -0.25) is 9.59 Å². The average molecular weight is 438 g/mol. The summed E-state index contributed by atoms with van der Waals surface area (Å²) in [6.45, 7) is 2.48. The van der Waals surface area contributed by atoms with Crippen molar-refractivity contribution in [2.75, 3.05) is 6.61 Å². The Balaban J connectivity index is 1.81. The molecule has 0 radical (unpaired) electrons. The number of ether oxygens (including phenoxy) is 1. The largest absolute Gasteiger partial charge is 0.507 e. The molecule has 2 heterocycles. The monoisotopic (exact) mass is 437 g/mol. The Labute approximate surface area is 184 Å². The molecule has 158 valence electrons. The lowest BCUT2D eigenvalue weighted by molar-refractivity contribution is -0.140. The van der Waals surface area contributed by atoms with Gasteiger partial charge in [0.05, 0.1) is 31.0 Å². The van der Waals surface area contributed by atoms with E-state index in [0.29, 0.717) is 34.3 Å². The Morgan fingerprint density at radius 2 is 1.81 bits per heavy atom. The van der Waals surface area contributed by atoms with Gasteiger partial charge >= 0.3 is 0 Å². The first-order chi connectivity index (χ1) is 15.0. The zero-order valence-corrected chi connectivity index (χ0v) is 17.5. The maximum Gasteiger partial charge on any atom is 0.296 e. The number of ketones is 1. The molecule has 1 unspecified atom stereocenters. The minimum absolute atomic E-state index is 0.0167. The SMILES string of the molecule is CCOc1ccc(/C(O)=C2\C(=O)C(=O)N(Cc3ccco3)C2c2ccc(Cl)cc2)cc1. The third-order valence-corrected chi connectivity index (χ3v) is 5.32. The number of furan rings is 1. The summed E-state index contributed by atoms with van der Waals surface area (Å²) in [5.74, 6) is -0.529. The van der Waals surface area contributed by atoms with Crippen LogP contribution in [0.5, 0.6) is 5.75 Å². The highest BCUT2D eigenvalue weighted by atomic mass is 35.5. The number of aliphatic hydroxyl groups excluding tert-OH is 1. The minimum Gasteiger partial charge on any atom is -0.507 e. The highest BCUT2D eigenvalue weighted by Crippen LogP contribution is 2.40. The van der Waals surface area contributed by atoms with E-state index < -0.39 is 17.7 Å². The first-order valence-electron chi connectivity index (χ1n) is 9.79. The second-order valence-corrected chi connectivity index (χ2v) is 7.45. The lowest BCUT2D eigenvalue weighted by Gasteiger charge is -2.24. The van der Waals surface area contributed by atoms with E-state index in [-0.39, 0.29) is 17.9 Å². The van der Waals surface area contributed by atoms with Gasteiger partial charge in [0.1, 0.15) is 17.3 Å². The first-order valence-corrected chi connectivity index (χ1v) is 10.2. The topological polar surface area (TPSA) is 80.0 Å². The summed E-state index contributed by atoms with van der Waals surface area (Å²) in [5, 5.41) is 11.6. The van der Waals surface area contributed by atoms with Crippen molar-refractivity contribution in [3.8, 4) is 5.75 Å². The van der Waals surface area contributed by atoms with E-state index in [2.05, 4.69) is 0 Å². The average Bonchev–Trinajstić information content (AvgIpc) is 3.37. The number of hydrogen-bond acceptors (Lipinski definition) is 5. The van der Waals surface area contributed by atoms with Gasteiger partial charge in [-0.2, -0.15) is 0 Å². The number of carbonyl (C=O) groups is 2. The summed E-state index contributed by atoms with van der Waals surface area (Å²) in [5.41, 5.74) is 1.09. The summed E-state index contributed by atoms with van der Waals surface area (Å²) in [6.07, 6.45) is 1.50. The van der Waals surface area contributed by atoms with Gasteiger partial charge in [-0.05, 0) is 61.0 Å². The van der Waals surface area contributed by atoms with Gasteiger partial charge < -0.3 is 19.2 Å². The van der Waals surface area contributed by atoms with Crippen LogP contribution in [0.15, 0.2) is 76.9 Å². The number of amides is 1. The third kappa shape index (κ3) is 4.07. The predicted octanol–water partition coefficient (Wildman–Crippen LogP) is 4.95. The molecule has 1 saturated heterocycles. The molecule has 3 aromatic rings. The Morgan fingerprint density at radius 3 is 2.42 bits per heavy atom. The molecule has 1 atom stereocenters. The quantitative estimate of drug-likeness (QED) is 0.335. The maximum absolute atomic E-state index is 13.0. The Bertz CT molecular complexity index is 1120. The molecule has 4 rings (SSSR count). The molecule has 1 fully saturated rings. The molecule has 0 aliphatic carbocycles. The van der Waals surface area contributed by atoms with Crippen molar-refractivity contribution in [2.24, 2.45) is 0 Å². The molecule has 7 heteroatoms. The highest BCUT2D eigenvalue weighted by molar-refractivity contribution is 6.46. The van der Waals surface area contributed by atoms with Gasteiger partial charge in [-0.25, -0.2) is 0 Å². The lowest BCUT2D eigenvalue weighted by atomic mass is 9.95. The van der Waals surface area contributed by atoms with Crippen LogP contribution in [-0.2, 0) is 16.1 Å². The Kier molecular flexibility index (Phi) is 5.82. The molecule has 31 heavy (non-hydrogen) atoms. The van der Waals surface area contributed by atoms with Crippen molar-refractivity contribution in [3.05, 3.63) is 94.4 Å². The smallest absolute Gasteiger partial charge is 0.296 e. The van der Waals surface area contributed by atoms with Crippen LogP contribution in [-0.4, -0.2) is 28.3 Å². The number of likely N-dealkylation sites (tertiary alicyclic amines) is 1. The van der Waals surface area contributed by atoms with Gasteiger partial charge in [0, 0.05) is 10.6 Å². The van der Waals surface area contributed by atoms with Crippen LogP contribution in [0.2, 0.25) is 5.02 Å². The van der Waals surface area contributed by atoms with Gasteiger partial charge in [0.15, 0.2) is 0 Å². The number of halogens is 1. The standard InChI is InChI=1S/C24H20ClNO5/c1-2-30-18-11-7-16(8-12-18)22(27)20-21(15-5-9-17(25)10-6-15)26(24(29)23(20)28)14-19-4-3-13-31-19/h3-13,21,27H,2,14H2,1H3/b22-20+. The second kappa shape index (κ2) is 8.70. The molecule has 1 aliphatic heterocycles. The van der Waals surface area contributed by atoms with E-state index in [4.69, 9.17) is 20.8 Å². The van der Waals surface area contributed by atoms with Crippen molar-refractivity contribution < 1.29 is 23.8 Å². The van der Waals surface area contributed by atoms with E-state index in [9.17, 15) is 14.7 Å². The van der Waals surface area contributed by atoms with Crippen LogP contribution >= 0.6 is 11.6 Å². The number of Topliss-reactive ketones (excluding diaryl/α,β-unsaturated/α-hetero) is 1. The third-order valence-electron chi connectivity index (χ3n) is 5.07. The molecular formula is C24H20ClNO5. The van der Waals surface area contributed by atoms with Gasteiger partial charge in [0.25, 0.3) is 11.7 Å². The van der Waals surface area contributed by atoms with E-state index in [1.165, 1.54) is 11.2 Å². The van der Waals surface area contributed by atoms with Crippen molar-refractivity contribution in [3.63, 3.8) is 0 Å². The summed E-state index contributed by atoms with van der Waals surface area (Å²) < 4.78 is 10.8. The van der Waals surface area contributed by atoms with Crippen LogP contribution in [0.3, 0.4) is 0 Å². The molecule has 6 nitrogen and oxygen atoms in total. The number of benzene rings is 2. The number of nitrogens with zero attached hydrogens (tertiary/aromatic N) is 1. The fourth-order valence-corrected chi connectivity index (χ4v) is 3.76. The molecule has 1 aliphatic rings. The van der Waals surface area contributed by atoms with Crippen LogP contribution in [0.1, 0.15) is 29.9 Å². The number of rotatable bonds is 6. The van der Waals surface area contributed by atoms with Crippen molar-refractivity contribution in [1.29, 1.82) is 0 Å². The van der Waals surface area contributed by atoms with Crippen molar-refractivity contribution >= 4 is 29.1 Å². The summed E-state index contributed by atoms with van der Waals surface area (Å²) >= 11 is 6.03. The van der Waals surface area contributed by atoms with E-state index in [1.54, 1.807) is 60.7 Å². The predicted molar refractivity (Wildman–Crippen MR) is 116 cm³/mol. The van der Waals surface area contributed by atoms with Crippen LogP contribution < -0.4 is 4.74 Å². The summed E-state index contributed by atoms with van der Waals surface area (Å²) in [4.78, 5) is 27.3. The maximum atomic E-state index is 13.0. The second-order valence-electron chi connectivity index (χ2n) is 7.02. The normalized spacial score (nSPS) is 17.9. The van der Waals surface area contributed by atoms with E-state index >= 15 is 0 Å². The molecule has 1 amide bonds. The first kappa shape index (κ1) is 20.8. The van der Waals surface area contributed by atoms with Crippen molar-refractivity contribution in [2.45, 2.75) is 19.5 Å². The molecule has 0 spiro atoms. The summed E-state index contributed by atoms with van der Waals surface area (Å²) in [6, 6.07) is 16.2. The zero-order chi connectivity index (χ0) is 22.0. The van der Waals surface area contributed by atoms with Crippen LogP contribution in [0.4, 0.5) is 0 Å². The lowest BCUT2D eigenvalue weighted by Crippen LogP contribution is -2.29. The van der Waals surface area contributed by atoms with Crippen LogP contribution in [0.25, 0.3) is 5.76 Å². The molecule has 2 aromatic carbocycles. The van der Waals surface area contributed by atoms with Gasteiger partial charge in [-0.1, -0.05) is 23.7 Å². The molecule has 0 saturated carbocycles. The molecule has 1 N–H and O–H groups in total.